The summed E-state index contributed by atoms with van der Waals surface area (Å²) in [6.07, 6.45) is 1.86. The fraction of sp³-hybridized carbons (Fsp3) is 0.333. The van der Waals surface area contributed by atoms with Crippen LogP contribution in [0.1, 0.15) is 19.4 Å². The molecular formula is C15H17NO5. The average molecular weight is 291 g/mol. The first-order chi connectivity index (χ1) is 9.92. The fourth-order valence-electron chi connectivity index (χ4n) is 2.08. The van der Waals surface area contributed by atoms with Gasteiger partial charge in [0.05, 0.1) is 12.8 Å². The van der Waals surface area contributed by atoms with Crippen molar-refractivity contribution in [3.8, 4) is 11.5 Å². The summed E-state index contributed by atoms with van der Waals surface area (Å²) < 4.78 is 11.0. The third-order valence-corrected chi connectivity index (χ3v) is 3.08. The number of methoxy groups -OCH3 is 1. The highest BCUT2D eigenvalue weighted by molar-refractivity contribution is 5.99. The number of benzene rings is 1. The first kappa shape index (κ1) is 14.9. The number of hydrogen-bond donors (Lipinski definition) is 2. The highest BCUT2D eigenvalue weighted by Gasteiger charge is 2.32. The molecule has 0 saturated heterocycles. The molecule has 6 heteroatoms. The summed E-state index contributed by atoms with van der Waals surface area (Å²) in [5.74, 6) is -0.341. The largest absolute Gasteiger partial charge is 0.493 e. The molecule has 0 fully saturated rings. The molecule has 0 aromatic heterocycles. The smallest absolute Gasteiger partial charge is 0.328 e. The zero-order valence-corrected chi connectivity index (χ0v) is 12.0. The summed E-state index contributed by atoms with van der Waals surface area (Å²) in [7, 11) is 1.49. The lowest BCUT2D eigenvalue weighted by molar-refractivity contribution is -0.131. The summed E-state index contributed by atoms with van der Waals surface area (Å²) >= 11 is 0. The van der Waals surface area contributed by atoms with Gasteiger partial charge in [-0.1, -0.05) is 13.8 Å². The van der Waals surface area contributed by atoms with E-state index in [0.29, 0.717) is 22.7 Å². The number of fused-ring (bicyclic) bond motifs is 1. The van der Waals surface area contributed by atoms with Gasteiger partial charge >= 0.3 is 5.97 Å². The Labute approximate surface area is 122 Å². The van der Waals surface area contributed by atoms with Crippen LogP contribution in [0, 0.1) is 5.92 Å². The molecule has 6 nitrogen and oxygen atoms in total. The Kier molecular flexibility index (Phi) is 4.16. The van der Waals surface area contributed by atoms with Gasteiger partial charge in [0.15, 0.2) is 17.6 Å². The van der Waals surface area contributed by atoms with Gasteiger partial charge in [-0.3, -0.25) is 4.79 Å². The summed E-state index contributed by atoms with van der Waals surface area (Å²) in [6.45, 7) is 3.79. The van der Waals surface area contributed by atoms with Crippen LogP contribution in [0.2, 0.25) is 0 Å². The molecule has 1 aromatic rings. The normalized spacial score (nSPS) is 17.3. The number of carbonyl (C=O) groups excluding carboxylic acids is 1. The van der Waals surface area contributed by atoms with E-state index in [2.05, 4.69) is 5.32 Å². The molecule has 1 aromatic carbocycles. The van der Waals surface area contributed by atoms with Crippen molar-refractivity contribution in [1.82, 2.24) is 0 Å². The molecule has 1 heterocycles. The zero-order chi connectivity index (χ0) is 15.6. The third-order valence-electron chi connectivity index (χ3n) is 3.08. The Morgan fingerprint density at radius 1 is 1.48 bits per heavy atom. The predicted octanol–water partition coefficient (Wildman–Crippen LogP) is 2.15. The van der Waals surface area contributed by atoms with Gasteiger partial charge in [0.1, 0.15) is 0 Å². The second-order valence-corrected chi connectivity index (χ2v) is 5.04. The minimum Gasteiger partial charge on any atom is -0.493 e. The lowest BCUT2D eigenvalue weighted by atomic mass is 10.0. The minimum atomic E-state index is -1.05. The van der Waals surface area contributed by atoms with Gasteiger partial charge in [0.25, 0.3) is 5.91 Å². The van der Waals surface area contributed by atoms with Crippen molar-refractivity contribution >= 4 is 23.6 Å². The first-order valence-corrected chi connectivity index (χ1v) is 6.53. The molecule has 112 valence electrons. The number of anilines is 1. The average Bonchev–Trinajstić information content (AvgIpc) is 2.42. The monoisotopic (exact) mass is 291 g/mol. The van der Waals surface area contributed by atoms with Gasteiger partial charge in [-0.05, 0) is 29.7 Å². The molecule has 1 amide bonds. The highest BCUT2D eigenvalue weighted by atomic mass is 16.5. The van der Waals surface area contributed by atoms with Crippen LogP contribution < -0.4 is 14.8 Å². The highest BCUT2D eigenvalue weighted by Crippen LogP contribution is 2.41. The van der Waals surface area contributed by atoms with E-state index in [1.165, 1.54) is 13.2 Å². The van der Waals surface area contributed by atoms with Crippen LogP contribution >= 0.6 is 0 Å². The Morgan fingerprint density at radius 3 is 2.76 bits per heavy atom. The second kappa shape index (κ2) is 5.87. The van der Waals surface area contributed by atoms with Crippen LogP contribution in [0.15, 0.2) is 18.2 Å². The molecule has 1 unspecified atom stereocenters. The van der Waals surface area contributed by atoms with Crippen LogP contribution in [0.3, 0.4) is 0 Å². The van der Waals surface area contributed by atoms with Gasteiger partial charge in [-0.2, -0.15) is 0 Å². The van der Waals surface area contributed by atoms with Crippen molar-refractivity contribution in [3.05, 3.63) is 23.8 Å². The number of carbonyl (C=O) groups is 2. The predicted molar refractivity (Wildman–Crippen MR) is 77.5 cm³/mol. The Hall–Kier alpha value is -2.50. The third kappa shape index (κ3) is 3.16. The van der Waals surface area contributed by atoms with Gasteiger partial charge in [0.2, 0.25) is 0 Å². The van der Waals surface area contributed by atoms with Crippen molar-refractivity contribution in [2.24, 2.45) is 5.92 Å². The Morgan fingerprint density at radius 2 is 2.19 bits per heavy atom. The van der Waals surface area contributed by atoms with Crippen LogP contribution in [0.25, 0.3) is 6.08 Å². The number of ether oxygens (including phenoxy) is 2. The standard InChI is InChI=1S/C15H17NO5/c1-8(2)13-15(19)16-10-6-9(4-5-12(17)18)7-11(20-3)14(10)21-13/h4-8,13H,1-3H3,(H,16,19)(H,17,18)/b5-4+. The summed E-state index contributed by atoms with van der Waals surface area (Å²) in [6, 6.07) is 3.30. The van der Waals surface area contributed by atoms with Crippen molar-refractivity contribution in [1.29, 1.82) is 0 Å². The van der Waals surface area contributed by atoms with Crippen LogP contribution in [-0.2, 0) is 9.59 Å². The van der Waals surface area contributed by atoms with Crippen LogP contribution in [0.4, 0.5) is 5.69 Å². The Balaban J connectivity index is 2.42. The van der Waals surface area contributed by atoms with Crippen molar-refractivity contribution in [2.75, 3.05) is 12.4 Å². The van der Waals surface area contributed by atoms with E-state index >= 15 is 0 Å². The lowest BCUT2D eigenvalue weighted by Crippen LogP contribution is -2.40. The number of carboxylic acids is 1. The van der Waals surface area contributed by atoms with Crippen LogP contribution in [-0.4, -0.2) is 30.2 Å². The molecule has 1 aliphatic heterocycles. The maximum atomic E-state index is 12.0. The van der Waals surface area contributed by atoms with E-state index in [1.807, 2.05) is 13.8 Å². The molecule has 2 N–H and O–H groups in total. The minimum absolute atomic E-state index is 0.0226. The molecule has 0 saturated carbocycles. The number of hydrogen-bond acceptors (Lipinski definition) is 4. The van der Waals surface area contributed by atoms with E-state index in [4.69, 9.17) is 14.6 Å². The van der Waals surface area contributed by atoms with E-state index in [1.54, 1.807) is 12.1 Å². The summed E-state index contributed by atoms with van der Waals surface area (Å²) in [5.41, 5.74) is 1.07. The lowest BCUT2D eigenvalue weighted by Gasteiger charge is -2.29. The molecule has 0 bridgehead atoms. The second-order valence-electron chi connectivity index (χ2n) is 5.04. The van der Waals surface area contributed by atoms with E-state index in [-0.39, 0.29) is 11.8 Å². The van der Waals surface area contributed by atoms with Crippen molar-refractivity contribution in [3.63, 3.8) is 0 Å². The number of carboxylic acid groups (broad SMARTS) is 1. The molecule has 0 spiro atoms. The first-order valence-electron chi connectivity index (χ1n) is 6.53. The molecule has 1 atom stereocenters. The van der Waals surface area contributed by atoms with Crippen LogP contribution in [0.5, 0.6) is 11.5 Å². The maximum Gasteiger partial charge on any atom is 0.328 e. The summed E-state index contributed by atoms with van der Waals surface area (Å²) in [5, 5.41) is 11.4. The van der Waals surface area contributed by atoms with E-state index < -0.39 is 12.1 Å². The molecule has 0 aliphatic carbocycles. The van der Waals surface area contributed by atoms with Gasteiger partial charge in [0, 0.05) is 6.08 Å². The number of rotatable bonds is 4. The summed E-state index contributed by atoms with van der Waals surface area (Å²) in [4.78, 5) is 22.6. The van der Waals surface area contributed by atoms with E-state index in [0.717, 1.165) is 6.08 Å². The van der Waals surface area contributed by atoms with Gasteiger partial charge < -0.3 is 19.9 Å². The number of nitrogens with one attached hydrogen (secondary N) is 1. The molecular weight excluding hydrogens is 274 g/mol. The van der Waals surface area contributed by atoms with Crippen molar-refractivity contribution in [2.45, 2.75) is 20.0 Å². The van der Waals surface area contributed by atoms with Gasteiger partial charge in [-0.15, -0.1) is 0 Å². The number of aliphatic carboxylic acids is 1. The zero-order valence-electron chi connectivity index (χ0n) is 12.0. The molecule has 21 heavy (non-hydrogen) atoms. The fourth-order valence-corrected chi connectivity index (χ4v) is 2.08. The molecule has 0 radical (unpaired) electrons. The Bertz CT molecular complexity index is 606. The van der Waals surface area contributed by atoms with Crippen molar-refractivity contribution < 1.29 is 24.2 Å². The topological polar surface area (TPSA) is 84.9 Å². The van der Waals surface area contributed by atoms with Gasteiger partial charge in [-0.25, -0.2) is 4.79 Å². The molecule has 1 aliphatic rings. The number of amides is 1. The SMILES string of the molecule is COc1cc(/C=C/C(=O)O)cc2c1OC(C(C)C)C(=O)N2. The quantitative estimate of drug-likeness (QED) is 0.830. The maximum absolute atomic E-state index is 12.0. The molecule has 2 rings (SSSR count). The van der Waals surface area contributed by atoms with E-state index in [9.17, 15) is 9.59 Å².